The molecule has 0 aliphatic carbocycles. The quantitative estimate of drug-likeness (QED) is 0.786. The monoisotopic (exact) mass is 305 g/mol. The molecule has 1 aromatic carbocycles. The molecule has 0 N–H and O–H groups in total. The molecule has 76 valence electrons. The first-order valence-corrected chi connectivity index (χ1v) is 5.39. The maximum Gasteiger partial charge on any atom is 0.413 e. The minimum atomic E-state index is -0.325. The summed E-state index contributed by atoms with van der Waals surface area (Å²) in [6, 6.07) is 7.68. The number of ether oxygens (including phenoxy) is 1. The fraction of sp³-hybridized carbons (Fsp3) is 0.300. The van der Waals surface area contributed by atoms with Gasteiger partial charge in [0.1, 0.15) is 0 Å². The lowest BCUT2D eigenvalue weighted by Gasteiger charge is -2.16. The van der Waals surface area contributed by atoms with E-state index < -0.39 is 0 Å². The number of benzene rings is 1. The Labute approximate surface area is 97.2 Å². The van der Waals surface area contributed by atoms with Crippen LogP contribution in [0, 0.1) is 3.57 Å². The van der Waals surface area contributed by atoms with Gasteiger partial charge < -0.3 is 4.74 Å². The molecule has 0 aliphatic heterocycles. The van der Waals surface area contributed by atoms with Crippen LogP contribution in [0.4, 0.5) is 10.5 Å². The predicted octanol–water partition coefficient (Wildman–Crippen LogP) is 2.88. The normalized spacial score (nSPS) is 9.64. The minimum Gasteiger partial charge on any atom is -0.449 e. The van der Waals surface area contributed by atoms with E-state index in [1.165, 1.54) is 4.90 Å². The molecule has 0 aliphatic rings. The molecule has 1 aromatic rings. The summed E-state index contributed by atoms with van der Waals surface area (Å²) in [6.45, 7) is 2.19. The smallest absolute Gasteiger partial charge is 0.413 e. The van der Waals surface area contributed by atoms with Crippen molar-refractivity contribution in [2.24, 2.45) is 0 Å². The van der Waals surface area contributed by atoms with Gasteiger partial charge in [0, 0.05) is 16.3 Å². The first-order valence-electron chi connectivity index (χ1n) is 4.31. The van der Waals surface area contributed by atoms with Crippen LogP contribution in [-0.2, 0) is 4.74 Å². The van der Waals surface area contributed by atoms with Gasteiger partial charge in [-0.05, 0) is 53.8 Å². The van der Waals surface area contributed by atoms with E-state index >= 15 is 0 Å². The van der Waals surface area contributed by atoms with Crippen molar-refractivity contribution < 1.29 is 9.53 Å². The summed E-state index contributed by atoms with van der Waals surface area (Å²) < 4.78 is 6.02. The van der Waals surface area contributed by atoms with Crippen molar-refractivity contribution in [1.82, 2.24) is 0 Å². The molecule has 0 fully saturated rings. The Hall–Kier alpha value is -0.780. The van der Waals surface area contributed by atoms with Gasteiger partial charge in [-0.1, -0.05) is 0 Å². The van der Waals surface area contributed by atoms with Crippen molar-refractivity contribution in [2.75, 3.05) is 18.6 Å². The van der Waals surface area contributed by atoms with Crippen molar-refractivity contribution in [1.29, 1.82) is 0 Å². The maximum atomic E-state index is 11.3. The Morgan fingerprint density at radius 1 is 1.43 bits per heavy atom. The minimum absolute atomic E-state index is 0.325. The number of carbonyl (C=O) groups is 1. The molecule has 0 aromatic heterocycles. The van der Waals surface area contributed by atoms with Crippen LogP contribution in [0.25, 0.3) is 0 Å². The number of hydrogen-bond donors (Lipinski definition) is 0. The highest BCUT2D eigenvalue weighted by atomic mass is 127. The van der Waals surface area contributed by atoms with Gasteiger partial charge in [0.15, 0.2) is 0 Å². The Morgan fingerprint density at radius 2 is 2.00 bits per heavy atom. The fourth-order valence-corrected chi connectivity index (χ4v) is 1.35. The van der Waals surface area contributed by atoms with E-state index in [0.717, 1.165) is 9.26 Å². The van der Waals surface area contributed by atoms with Gasteiger partial charge in [-0.15, -0.1) is 0 Å². The molecule has 1 amide bonds. The van der Waals surface area contributed by atoms with E-state index in [0.29, 0.717) is 6.61 Å². The van der Waals surface area contributed by atoms with Crippen LogP contribution >= 0.6 is 22.6 Å². The highest BCUT2D eigenvalue weighted by Crippen LogP contribution is 2.15. The average Bonchev–Trinajstić information content (AvgIpc) is 2.18. The Balaban J connectivity index is 2.73. The van der Waals surface area contributed by atoms with Gasteiger partial charge in [-0.25, -0.2) is 4.79 Å². The predicted molar refractivity (Wildman–Crippen MR) is 64.6 cm³/mol. The maximum absolute atomic E-state index is 11.3. The Bertz CT molecular complexity index is 310. The summed E-state index contributed by atoms with van der Waals surface area (Å²) in [5.41, 5.74) is 0.837. The van der Waals surface area contributed by atoms with Crippen LogP contribution in [0.5, 0.6) is 0 Å². The van der Waals surface area contributed by atoms with Crippen molar-refractivity contribution >= 4 is 34.4 Å². The number of anilines is 1. The molecular formula is C10H12INO2. The number of hydrogen-bond acceptors (Lipinski definition) is 2. The molecule has 0 saturated carbocycles. The largest absolute Gasteiger partial charge is 0.449 e. The summed E-state index contributed by atoms with van der Waals surface area (Å²) in [7, 11) is 1.69. The first-order chi connectivity index (χ1) is 6.65. The summed E-state index contributed by atoms with van der Waals surface area (Å²) in [5.74, 6) is 0. The topological polar surface area (TPSA) is 29.5 Å². The van der Waals surface area contributed by atoms with E-state index in [1.807, 2.05) is 24.3 Å². The second-order valence-electron chi connectivity index (χ2n) is 2.73. The van der Waals surface area contributed by atoms with Crippen LogP contribution in [0.1, 0.15) is 6.92 Å². The lowest BCUT2D eigenvalue weighted by Crippen LogP contribution is -2.26. The zero-order valence-corrected chi connectivity index (χ0v) is 10.3. The number of carbonyl (C=O) groups excluding carboxylic acids is 1. The molecule has 0 atom stereocenters. The van der Waals surface area contributed by atoms with Crippen LogP contribution < -0.4 is 4.90 Å². The average molecular weight is 305 g/mol. The molecule has 0 radical (unpaired) electrons. The van der Waals surface area contributed by atoms with E-state index in [9.17, 15) is 4.79 Å². The number of halogens is 1. The molecule has 1 rings (SSSR count). The van der Waals surface area contributed by atoms with Gasteiger partial charge >= 0.3 is 6.09 Å². The summed E-state index contributed by atoms with van der Waals surface area (Å²) in [5, 5.41) is 0. The number of nitrogens with zero attached hydrogens (tertiary/aromatic N) is 1. The molecule has 0 heterocycles. The first kappa shape index (κ1) is 11.3. The van der Waals surface area contributed by atoms with E-state index in [-0.39, 0.29) is 6.09 Å². The zero-order valence-electron chi connectivity index (χ0n) is 8.16. The van der Waals surface area contributed by atoms with Crippen LogP contribution in [0.15, 0.2) is 24.3 Å². The highest BCUT2D eigenvalue weighted by Gasteiger charge is 2.10. The van der Waals surface area contributed by atoms with Gasteiger partial charge in [0.05, 0.1) is 6.61 Å². The van der Waals surface area contributed by atoms with Gasteiger partial charge in [0.25, 0.3) is 0 Å². The molecule has 0 bridgehead atoms. The summed E-state index contributed by atoms with van der Waals surface area (Å²) >= 11 is 2.22. The molecule has 0 unspecified atom stereocenters. The third-order valence-corrected chi connectivity index (χ3v) is 2.47. The van der Waals surface area contributed by atoms with Crippen molar-refractivity contribution in [3.8, 4) is 0 Å². The van der Waals surface area contributed by atoms with Gasteiger partial charge in [-0.3, -0.25) is 4.90 Å². The summed E-state index contributed by atoms with van der Waals surface area (Å²) in [6.07, 6.45) is -0.325. The zero-order chi connectivity index (χ0) is 10.6. The molecular weight excluding hydrogens is 293 g/mol. The van der Waals surface area contributed by atoms with Crippen LogP contribution in [-0.4, -0.2) is 19.7 Å². The van der Waals surface area contributed by atoms with Crippen molar-refractivity contribution in [2.45, 2.75) is 6.92 Å². The van der Waals surface area contributed by atoms with E-state index in [1.54, 1.807) is 14.0 Å². The van der Waals surface area contributed by atoms with Gasteiger partial charge in [0.2, 0.25) is 0 Å². The van der Waals surface area contributed by atoms with E-state index in [4.69, 9.17) is 4.74 Å². The van der Waals surface area contributed by atoms with Gasteiger partial charge in [-0.2, -0.15) is 0 Å². The van der Waals surface area contributed by atoms with Crippen LogP contribution in [0.2, 0.25) is 0 Å². The Morgan fingerprint density at radius 3 is 2.50 bits per heavy atom. The Kier molecular flexibility index (Phi) is 4.19. The van der Waals surface area contributed by atoms with Crippen molar-refractivity contribution in [3.05, 3.63) is 27.8 Å². The second kappa shape index (κ2) is 5.19. The van der Waals surface area contributed by atoms with Crippen molar-refractivity contribution in [3.63, 3.8) is 0 Å². The highest BCUT2D eigenvalue weighted by molar-refractivity contribution is 14.1. The third kappa shape index (κ3) is 2.87. The fourth-order valence-electron chi connectivity index (χ4n) is 0.990. The standard InChI is InChI=1S/C10H12INO2/c1-3-14-10(13)12(2)9-6-4-8(11)5-7-9/h4-7H,3H2,1-2H3. The molecule has 0 spiro atoms. The number of amides is 1. The third-order valence-electron chi connectivity index (χ3n) is 1.76. The van der Waals surface area contributed by atoms with Crippen LogP contribution in [0.3, 0.4) is 0 Å². The second-order valence-corrected chi connectivity index (χ2v) is 3.98. The lowest BCUT2D eigenvalue weighted by molar-refractivity contribution is 0.161. The lowest BCUT2D eigenvalue weighted by atomic mass is 10.3. The molecule has 3 nitrogen and oxygen atoms in total. The number of rotatable bonds is 2. The molecule has 14 heavy (non-hydrogen) atoms. The van der Waals surface area contributed by atoms with E-state index in [2.05, 4.69) is 22.6 Å². The SMILES string of the molecule is CCOC(=O)N(C)c1ccc(I)cc1. The summed E-state index contributed by atoms with van der Waals surface area (Å²) in [4.78, 5) is 12.8. The molecule has 4 heteroatoms. The molecule has 0 saturated heterocycles.